The van der Waals surface area contributed by atoms with E-state index in [0.29, 0.717) is 12.0 Å². The molecule has 3 heteroatoms. The van der Waals surface area contributed by atoms with Crippen LogP contribution in [0.1, 0.15) is 43.6 Å². The summed E-state index contributed by atoms with van der Waals surface area (Å²) in [6.07, 6.45) is 5.62. The van der Waals surface area contributed by atoms with Gasteiger partial charge < -0.3 is 9.73 Å². The molecule has 1 saturated heterocycles. The lowest BCUT2D eigenvalue weighted by Gasteiger charge is -2.38. The Kier molecular flexibility index (Phi) is 4.84. The van der Waals surface area contributed by atoms with Crippen molar-refractivity contribution < 1.29 is 4.42 Å². The zero-order valence-electron chi connectivity index (χ0n) is 11.9. The lowest BCUT2D eigenvalue weighted by molar-refractivity contribution is 0.101. The van der Waals surface area contributed by atoms with E-state index in [-0.39, 0.29) is 0 Å². The highest BCUT2D eigenvalue weighted by Crippen LogP contribution is 2.36. The van der Waals surface area contributed by atoms with Crippen LogP contribution in [0.25, 0.3) is 0 Å². The van der Waals surface area contributed by atoms with Gasteiger partial charge in [0.15, 0.2) is 0 Å². The molecule has 2 heterocycles. The summed E-state index contributed by atoms with van der Waals surface area (Å²) in [5, 5.41) is 3.57. The molecular formula is C15H26N2O. The number of hydrogen-bond donors (Lipinski definition) is 1. The minimum atomic E-state index is 0.443. The van der Waals surface area contributed by atoms with Crippen molar-refractivity contribution in [2.24, 2.45) is 5.92 Å². The zero-order valence-corrected chi connectivity index (χ0v) is 11.9. The molecule has 2 atom stereocenters. The number of nitrogens with zero attached hydrogens (tertiary/aromatic N) is 1. The number of furan rings is 1. The maximum absolute atomic E-state index is 5.74. The minimum Gasteiger partial charge on any atom is -0.467 e. The van der Waals surface area contributed by atoms with Crippen LogP contribution < -0.4 is 5.32 Å². The van der Waals surface area contributed by atoms with Crippen LogP contribution in [-0.2, 0) is 0 Å². The Morgan fingerprint density at radius 2 is 2.33 bits per heavy atom. The Labute approximate surface area is 111 Å². The van der Waals surface area contributed by atoms with Gasteiger partial charge in [0.2, 0.25) is 0 Å². The molecule has 3 nitrogen and oxygen atoms in total. The monoisotopic (exact) mass is 250 g/mol. The number of likely N-dealkylation sites (tertiary alicyclic amines) is 1. The second kappa shape index (κ2) is 6.39. The van der Waals surface area contributed by atoms with Crippen LogP contribution in [0, 0.1) is 12.8 Å². The van der Waals surface area contributed by atoms with Gasteiger partial charge >= 0.3 is 0 Å². The van der Waals surface area contributed by atoms with E-state index < -0.39 is 0 Å². The van der Waals surface area contributed by atoms with E-state index in [1.807, 2.05) is 6.26 Å². The van der Waals surface area contributed by atoms with Crippen molar-refractivity contribution in [2.75, 3.05) is 26.7 Å². The maximum atomic E-state index is 5.74. The lowest BCUT2D eigenvalue weighted by Crippen LogP contribution is -2.40. The smallest absolute Gasteiger partial charge is 0.124 e. The molecule has 1 fully saturated rings. The van der Waals surface area contributed by atoms with Gasteiger partial charge in [-0.05, 0) is 70.4 Å². The van der Waals surface area contributed by atoms with Gasteiger partial charge in [-0.1, -0.05) is 6.92 Å². The minimum absolute atomic E-state index is 0.443. The van der Waals surface area contributed by atoms with E-state index in [0.717, 1.165) is 13.1 Å². The summed E-state index contributed by atoms with van der Waals surface area (Å²) in [6.45, 7) is 7.76. The number of piperidine rings is 1. The van der Waals surface area contributed by atoms with Crippen molar-refractivity contribution in [1.82, 2.24) is 10.2 Å². The van der Waals surface area contributed by atoms with Crippen LogP contribution in [-0.4, -0.2) is 31.6 Å². The fourth-order valence-corrected chi connectivity index (χ4v) is 3.04. The number of nitrogens with one attached hydrogen (secondary N) is 1. The largest absolute Gasteiger partial charge is 0.467 e. The summed E-state index contributed by atoms with van der Waals surface area (Å²) < 4.78 is 5.74. The van der Waals surface area contributed by atoms with Crippen LogP contribution in [0.3, 0.4) is 0 Å². The Balaban J connectivity index is 2.08. The second-order valence-corrected chi connectivity index (χ2v) is 5.50. The first-order valence-corrected chi connectivity index (χ1v) is 7.19. The van der Waals surface area contributed by atoms with Gasteiger partial charge in [-0.15, -0.1) is 0 Å². The van der Waals surface area contributed by atoms with Crippen molar-refractivity contribution in [3.8, 4) is 0 Å². The third-order valence-corrected chi connectivity index (χ3v) is 4.01. The first-order chi connectivity index (χ1) is 8.74. The molecule has 1 aliphatic heterocycles. The molecule has 18 heavy (non-hydrogen) atoms. The highest BCUT2D eigenvalue weighted by molar-refractivity contribution is 5.19. The number of aryl methyl sites for hydroxylation is 1. The molecule has 0 spiro atoms. The summed E-state index contributed by atoms with van der Waals surface area (Å²) in [6, 6.07) is 2.52. The zero-order chi connectivity index (χ0) is 13.0. The predicted octanol–water partition coefficient (Wildman–Crippen LogP) is 2.97. The summed E-state index contributed by atoms with van der Waals surface area (Å²) in [4.78, 5) is 2.45. The van der Waals surface area contributed by atoms with E-state index in [4.69, 9.17) is 4.42 Å². The molecule has 0 saturated carbocycles. The van der Waals surface area contributed by atoms with Crippen molar-refractivity contribution in [2.45, 2.75) is 39.2 Å². The Hall–Kier alpha value is -0.800. The fraction of sp³-hybridized carbons (Fsp3) is 0.733. The average Bonchev–Trinajstić information content (AvgIpc) is 2.76. The molecular weight excluding hydrogens is 224 g/mol. The molecule has 0 radical (unpaired) electrons. The standard InChI is InChI=1S/C15H26N2O/c1-4-8-16-11-13-6-5-9-17(3)14(13)15-12(2)7-10-18-15/h7,10,13-14,16H,4-6,8-9,11H2,1-3H3. The van der Waals surface area contributed by atoms with Crippen LogP contribution in [0.5, 0.6) is 0 Å². The second-order valence-electron chi connectivity index (χ2n) is 5.50. The van der Waals surface area contributed by atoms with E-state index in [9.17, 15) is 0 Å². The Morgan fingerprint density at radius 1 is 1.50 bits per heavy atom. The van der Waals surface area contributed by atoms with Crippen LogP contribution in [0.2, 0.25) is 0 Å². The maximum Gasteiger partial charge on any atom is 0.124 e. The Bertz CT molecular complexity index is 361. The molecule has 0 amide bonds. The summed E-state index contributed by atoms with van der Waals surface area (Å²) in [7, 11) is 2.22. The summed E-state index contributed by atoms with van der Waals surface area (Å²) in [5.41, 5.74) is 1.29. The van der Waals surface area contributed by atoms with Gasteiger partial charge in [0.1, 0.15) is 5.76 Å². The molecule has 1 aromatic heterocycles. The molecule has 2 rings (SSSR count). The molecule has 1 aromatic rings. The van der Waals surface area contributed by atoms with Crippen LogP contribution in [0.15, 0.2) is 16.7 Å². The van der Waals surface area contributed by atoms with Crippen LogP contribution >= 0.6 is 0 Å². The summed E-state index contributed by atoms with van der Waals surface area (Å²) in [5.74, 6) is 1.83. The third kappa shape index (κ3) is 2.96. The van der Waals surface area contributed by atoms with Crippen molar-refractivity contribution in [3.63, 3.8) is 0 Å². The highest BCUT2D eigenvalue weighted by atomic mass is 16.3. The molecule has 1 aliphatic rings. The average molecular weight is 250 g/mol. The number of rotatable bonds is 5. The van der Waals surface area contributed by atoms with Crippen LogP contribution in [0.4, 0.5) is 0 Å². The summed E-state index contributed by atoms with van der Waals surface area (Å²) >= 11 is 0. The van der Waals surface area contributed by atoms with E-state index in [1.54, 1.807) is 0 Å². The van der Waals surface area contributed by atoms with Gasteiger partial charge in [-0.2, -0.15) is 0 Å². The fourth-order valence-electron chi connectivity index (χ4n) is 3.04. The van der Waals surface area contributed by atoms with E-state index in [1.165, 1.54) is 37.1 Å². The topological polar surface area (TPSA) is 28.4 Å². The molecule has 2 unspecified atom stereocenters. The molecule has 102 valence electrons. The van der Waals surface area contributed by atoms with Gasteiger partial charge in [0, 0.05) is 0 Å². The Morgan fingerprint density at radius 3 is 3.00 bits per heavy atom. The van der Waals surface area contributed by atoms with Gasteiger partial charge in [-0.3, -0.25) is 4.90 Å². The lowest BCUT2D eigenvalue weighted by atomic mass is 9.86. The van der Waals surface area contributed by atoms with Gasteiger partial charge in [-0.25, -0.2) is 0 Å². The number of hydrogen-bond acceptors (Lipinski definition) is 3. The SMILES string of the molecule is CCCNCC1CCCN(C)C1c1occc1C. The van der Waals surface area contributed by atoms with Crippen molar-refractivity contribution in [3.05, 3.63) is 23.7 Å². The highest BCUT2D eigenvalue weighted by Gasteiger charge is 2.33. The molecule has 0 aliphatic carbocycles. The van der Waals surface area contributed by atoms with Gasteiger partial charge in [0.25, 0.3) is 0 Å². The first-order valence-electron chi connectivity index (χ1n) is 7.19. The van der Waals surface area contributed by atoms with E-state index in [2.05, 4.69) is 37.2 Å². The predicted molar refractivity (Wildman–Crippen MR) is 74.7 cm³/mol. The third-order valence-electron chi connectivity index (χ3n) is 4.01. The van der Waals surface area contributed by atoms with Crippen molar-refractivity contribution in [1.29, 1.82) is 0 Å². The quantitative estimate of drug-likeness (QED) is 0.814. The first kappa shape index (κ1) is 13.6. The van der Waals surface area contributed by atoms with E-state index >= 15 is 0 Å². The molecule has 0 bridgehead atoms. The normalized spacial score (nSPS) is 25.5. The molecule has 1 N–H and O–H groups in total. The molecule has 0 aromatic carbocycles. The van der Waals surface area contributed by atoms with Gasteiger partial charge in [0.05, 0.1) is 12.3 Å². The van der Waals surface area contributed by atoms with Crippen molar-refractivity contribution >= 4 is 0 Å².